The number of hydrogen-bond acceptors (Lipinski definition) is 7. The molecule has 4 rings (SSSR count). The summed E-state index contributed by atoms with van der Waals surface area (Å²) >= 11 is 1.60. The molecule has 9 nitrogen and oxygen atoms in total. The third-order valence-corrected chi connectivity index (χ3v) is 9.18. The number of morpholine rings is 1. The number of methoxy groups -OCH3 is 1. The summed E-state index contributed by atoms with van der Waals surface area (Å²) in [5.74, 6) is 0.478. The van der Waals surface area contributed by atoms with Crippen LogP contribution in [0.2, 0.25) is 0 Å². The van der Waals surface area contributed by atoms with Crippen molar-refractivity contribution in [2.24, 2.45) is 0 Å². The number of hydrogen-bond donors (Lipinski definition) is 1. The molecule has 3 saturated heterocycles. The van der Waals surface area contributed by atoms with E-state index in [9.17, 15) is 18.0 Å². The predicted octanol–water partition coefficient (Wildman–Crippen LogP) is 1.11. The topological polar surface area (TPSA) is 105 Å². The molecule has 1 aromatic carbocycles. The monoisotopic (exact) mass is 455 g/mol. The van der Waals surface area contributed by atoms with E-state index in [0.29, 0.717) is 31.1 Å². The lowest BCUT2D eigenvalue weighted by atomic mass is 10.2. The van der Waals surface area contributed by atoms with Gasteiger partial charge in [-0.3, -0.25) is 9.59 Å². The highest BCUT2D eigenvalue weighted by atomic mass is 32.2. The first-order valence-electron chi connectivity index (χ1n) is 9.79. The van der Waals surface area contributed by atoms with Crippen LogP contribution < -0.4 is 10.1 Å². The molecule has 3 fully saturated rings. The fourth-order valence-corrected chi connectivity index (χ4v) is 6.98. The van der Waals surface area contributed by atoms with Crippen LogP contribution in [0, 0.1) is 0 Å². The quantitative estimate of drug-likeness (QED) is 0.709. The van der Waals surface area contributed by atoms with Crippen molar-refractivity contribution in [2.45, 2.75) is 35.6 Å². The van der Waals surface area contributed by atoms with Crippen LogP contribution in [0.25, 0.3) is 0 Å². The lowest BCUT2D eigenvalue weighted by molar-refractivity contribution is -0.135. The first kappa shape index (κ1) is 21.4. The average Bonchev–Trinajstić information content (AvgIpc) is 3.24. The number of benzene rings is 1. The maximum Gasteiger partial charge on any atom is 0.248 e. The lowest BCUT2D eigenvalue weighted by Gasteiger charge is -2.30. The third-order valence-electron chi connectivity index (χ3n) is 5.78. The van der Waals surface area contributed by atoms with Crippen molar-refractivity contribution in [1.29, 1.82) is 0 Å². The second-order valence-electron chi connectivity index (χ2n) is 7.63. The Labute approximate surface area is 180 Å². The van der Waals surface area contributed by atoms with Gasteiger partial charge in [0, 0.05) is 25.3 Å². The van der Waals surface area contributed by atoms with Gasteiger partial charge in [-0.2, -0.15) is 4.31 Å². The molecule has 0 aliphatic carbocycles. The average molecular weight is 456 g/mol. The first-order chi connectivity index (χ1) is 14.3. The van der Waals surface area contributed by atoms with Crippen LogP contribution in [-0.4, -0.2) is 79.5 Å². The second kappa shape index (κ2) is 8.03. The van der Waals surface area contributed by atoms with Crippen molar-refractivity contribution >= 4 is 39.3 Å². The molecule has 1 N–H and O–H groups in total. The number of thioether (sulfide) groups is 1. The molecule has 2 atom stereocenters. The fraction of sp³-hybridized carbons (Fsp3) is 0.579. The van der Waals surface area contributed by atoms with Crippen molar-refractivity contribution in [1.82, 2.24) is 9.21 Å². The highest BCUT2D eigenvalue weighted by molar-refractivity contribution is 8.01. The Hall–Kier alpha value is -1.82. The van der Waals surface area contributed by atoms with Crippen LogP contribution in [0.15, 0.2) is 23.1 Å². The van der Waals surface area contributed by atoms with E-state index in [0.717, 1.165) is 6.42 Å². The maximum absolute atomic E-state index is 13.0. The Kier molecular flexibility index (Phi) is 5.73. The molecule has 0 radical (unpaired) electrons. The van der Waals surface area contributed by atoms with E-state index in [2.05, 4.69) is 5.32 Å². The fourth-order valence-electron chi connectivity index (χ4n) is 4.11. The molecule has 0 saturated carbocycles. The molecule has 0 spiro atoms. The van der Waals surface area contributed by atoms with E-state index in [4.69, 9.17) is 9.47 Å². The summed E-state index contributed by atoms with van der Waals surface area (Å²) in [4.78, 5) is 26.7. The highest BCUT2D eigenvalue weighted by Crippen LogP contribution is 2.47. The minimum Gasteiger partial charge on any atom is -0.495 e. The van der Waals surface area contributed by atoms with Gasteiger partial charge in [-0.05, 0) is 31.5 Å². The van der Waals surface area contributed by atoms with Crippen molar-refractivity contribution in [2.75, 3.05) is 44.5 Å². The number of amides is 2. The normalized spacial score (nSPS) is 27.2. The minimum atomic E-state index is -3.72. The van der Waals surface area contributed by atoms with Crippen LogP contribution in [0.4, 0.5) is 5.69 Å². The summed E-state index contributed by atoms with van der Waals surface area (Å²) in [5.41, 5.74) is 0.266. The molecule has 11 heteroatoms. The Bertz CT molecular complexity index is 963. The Morgan fingerprint density at radius 1 is 1.33 bits per heavy atom. The minimum absolute atomic E-state index is 0.0294. The summed E-state index contributed by atoms with van der Waals surface area (Å²) in [6.07, 6.45) is 1.15. The van der Waals surface area contributed by atoms with Gasteiger partial charge in [0.25, 0.3) is 0 Å². The zero-order chi connectivity index (χ0) is 21.5. The number of rotatable bonds is 5. The van der Waals surface area contributed by atoms with Crippen LogP contribution in [0.5, 0.6) is 5.75 Å². The van der Waals surface area contributed by atoms with E-state index < -0.39 is 16.1 Å². The first-order valence-corrected chi connectivity index (χ1v) is 12.2. The molecule has 30 heavy (non-hydrogen) atoms. The maximum atomic E-state index is 13.0. The van der Waals surface area contributed by atoms with Crippen molar-refractivity contribution in [3.05, 3.63) is 18.2 Å². The van der Waals surface area contributed by atoms with E-state index in [1.54, 1.807) is 16.7 Å². The molecule has 0 aromatic heterocycles. The summed E-state index contributed by atoms with van der Waals surface area (Å²) in [7, 11) is -2.27. The third kappa shape index (κ3) is 3.68. The Balaban J connectivity index is 1.58. The zero-order valence-electron chi connectivity index (χ0n) is 16.9. The standard InChI is InChI=1S/C19H25N3O6S2/c1-19-6-5-17(23)22(19)15(12-29-19)18(24)20-14-11-13(3-4-16(14)27-2)30(25,26)21-7-9-28-10-8-21/h3-4,11,15H,5-10,12H2,1-2H3,(H,20,24)/t15-,19-/m1/s1. The summed E-state index contributed by atoms with van der Waals surface area (Å²) in [5, 5.41) is 2.79. The number of sulfonamides is 1. The summed E-state index contributed by atoms with van der Waals surface area (Å²) in [6, 6.07) is 3.80. The van der Waals surface area contributed by atoms with Crippen LogP contribution in [-0.2, 0) is 24.3 Å². The number of nitrogens with one attached hydrogen (secondary N) is 1. The highest BCUT2D eigenvalue weighted by Gasteiger charge is 2.53. The van der Waals surface area contributed by atoms with Gasteiger partial charge in [-0.25, -0.2) is 8.42 Å². The summed E-state index contributed by atoms with van der Waals surface area (Å²) < 4.78 is 37.9. The van der Waals surface area contributed by atoms with E-state index in [1.807, 2.05) is 6.92 Å². The molecule has 0 bridgehead atoms. The molecule has 3 heterocycles. The molecule has 3 aliphatic rings. The predicted molar refractivity (Wildman–Crippen MR) is 112 cm³/mol. The van der Waals surface area contributed by atoms with E-state index >= 15 is 0 Å². The molecule has 0 unspecified atom stereocenters. The van der Waals surface area contributed by atoms with Gasteiger partial charge in [0.2, 0.25) is 21.8 Å². The number of anilines is 1. The van der Waals surface area contributed by atoms with Crippen LogP contribution in [0.3, 0.4) is 0 Å². The summed E-state index contributed by atoms with van der Waals surface area (Å²) in [6.45, 7) is 3.24. The lowest BCUT2D eigenvalue weighted by Crippen LogP contribution is -2.48. The number of ether oxygens (including phenoxy) is 2. The van der Waals surface area contributed by atoms with Gasteiger partial charge < -0.3 is 19.7 Å². The number of nitrogens with zero attached hydrogens (tertiary/aromatic N) is 2. The van der Waals surface area contributed by atoms with E-state index in [-0.39, 0.29) is 40.4 Å². The number of carbonyl (C=O) groups is 2. The van der Waals surface area contributed by atoms with Gasteiger partial charge in [-0.15, -0.1) is 11.8 Å². The zero-order valence-corrected chi connectivity index (χ0v) is 18.6. The van der Waals surface area contributed by atoms with Gasteiger partial charge in [0.15, 0.2) is 0 Å². The largest absolute Gasteiger partial charge is 0.495 e. The Morgan fingerprint density at radius 2 is 2.07 bits per heavy atom. The molecule has 2 amide bonds. The molecule has 3 aliphatic heterocycles. The molecule has 164 valence electrons. The van der Waals surface area contributed by atoms with Gasteiger partial charge in [0.1, 0.15) is 11.8 Å². The van der Waals surface area contributed by atoms with Gasteiger partial charge in [0.05, 0.1) is 35.8 Å². The van der Waals surface area contributed by atoms with Gasteiger partial charge >= 0.3 is 0 Å². The van der Waals surface area contributed by atoms with Crippen LogP contribution in [0.1, 0.15) is 19.8 Å². The smallest absolute Gasteiger partial charge is 0.248 e. The SMILES string of the molecule is COc1ccc(S(=O)(=O)N2CCOCC2)cc1NC(=O)[C@H]1CS[C@]2(C)CCC(=O)N12. The van der Waals surface area contributed by atoms with Crippen LogP contribution >= 0.6 is 11.8 Å². The van der Waals surface area contributed by atoms with E-state index in [1.165, 1.54) is 29.6 Å². The second-order valence-corrected chi connectivity index (χ2v) is 11.1. The number of fused-ring (bicyclic) bond motifs is 1. The van der Waals surface area contributed by atoms with Crippen molar-refractivity contribution in [3.63, 3.8) is 0 Å². The molecular weight excluding hydrogens is 430 g/mol. The van der Waals surface area contributed by atoms with Gasteiger partial charge in [-0.1, -0.05) is 0 Å². The van der Waals surface area contributed by atoms with Crippen molar-refractivity contribution in [3.8, 4) is 5.75 Å². The Morgan fingerprint density at radius 3 is 2.77 bits per heavy atom. The van der Waals surface area contributed by atoms with Crippen molar-refractivity contribution < 1.29 is 27.5 Å². The number of carbonyl (C=O) groups excluding carboxylic acids is 2. The molecule has 1 aromatic rings. The molecular formula is C19H25N3O6S2.